The highest BCUT2D eigenvalue weighted by atomic mass is 16.5. The first kappa shape index (κ1) is 14.7. The van der Waals surface area contributed by atoms with Gasteiger partial charge < -0.3 is 14.6 Å². The van der Waals surface area contributed by atoms with Gasteiger partial charge in [0.1, 0.15) is 0 Å². The van der Waals surface area contributed by atoms with Crippen molar-refractivity contribution in [3.05, 3.63) is 23.8 Å². The van der Waals surface area contributed by atoms with Crippen molar-refractivity contribution in [2.75, 3.05) is 27.8 Å². The molecular formula is C17H25NO3. The van der Waals surface area contributed by atoms with Gasteiger partial charge in [0, 0.05) is 11.5 Å². The number of ether oxygens (including phenoxy) is 2. The minimum Gasteiger partial charge on any atom is -0.493 e. The van der Waals surface area contributed by atoms with Gasteiger partial charge in [-0.05, 0) is 57.0 Å². The number of hydrogen-bond donors (Lipinski definition) is 1. The van der Waals surface area contributed by atoms with Gasteiger partial charge in [-0.2, -0.15) is 0 Å². The summed E-state index contributed by atoms with van der Waals surface area (Å²) in [4.78, 5) is 2.32. The lowest BCUT2D eigenvalue weighted by Gasteiger charge is -2.44. The maximum absolute atomic E-state index is 10.5. The third-order valence-electron chi connectivity index (χ3n) is 5.40. The molecule has 21 heavy (non-hydrogen) atoms. The van der Waals surface area contributed by atoms with Crippen molar-refractivity contribution in [3.8, 4) is 11.5 Å². The topological polar surface area (TPSA) is 41.9 Å². The van der Waals surface area contributed by atoms with E-state index in [2.05, 4.69) is 24.1 Å². The van der Waals surface area contributed by atoms with E-state index in [0.29, 0.717) is 0 Å². The number of nitrogens with zero attached hydrogens (tertiary/aromatic N) is 1. The Balaban J connectivity index is 2.04. The summed E-state index contributed by atoms with van der Waals surface area (Å²) in [6.45, 7) is 1.04. The van der Waals surface area contributed by atoms with Gasteiger partial charge in [-0.15, -0.1) is 0 Å². The fraction of sp³-hybridized carbons (Fsp3) is 0.647. The number of fused-ring (bicyclic) bond motifs is 1. The molecule has 1 aliphatic heterocycles. The highest BCUT2D eigenvalue weighted by Gasteiger charge is 2.52. The summed E-state index contributed by atoms with van der Waals surface area (Å²) < 4.78 is 10.8. The quantitative estimate of drug-likeness (QED) is 0.927. The van der Waals surface area contributed by atoms with E-state index in [1.807, 2.05) is 6.07 Å². The van der Waals surface area contributed by atoms with Crippen molar-refractivity contribution in [1.29, 1.82) is 0 Å². The summed E-state index contributed by atoms with van der Waals surface area (Å²) in [6.07, 6.45) is 3.98. The maximum Gasteiger partial charge on any atom is 0.161 e. The molecule has 1 aromatic carbocycles. The van der Waals surface area contributed by atoms with Gasteiger partial charge in [0.2, 0.25) is 0 Å². The van der Waals surface area contributed by atoms with Gasteiger partial charge in [0.25, 0.3) is 0 Å². The molecule has 3 atom stereocenters. The Morgan fingerprint density at radius 3 is 2.67 bits per heavy atom. The largest absolute Gasteiger partial charge is 0.493 e. The third kappa shape index (κ3) is 2.21. The van der Waals surface area contributed by atoms with Crippen molar-refractivity contribution in [2.45, 2.75) is 43.2 Å². The first-order chi connectivity index (χ1) is 10.1. The molecule has 1 heterocycles. The summed E-state index contributed by atoms with van der Waals surface area (Å²) in [5, 5.41) is 10.5. The van der Waals surface area contributed by atoms with Crippen LogP contribution in [0, 0.1) is 0 Å². The van der Waals surface area contributed by atoms with E-state index in [1.165, 1.54) is 5.56 Å². The molecule has 116 valence electrons. The predicted molar refractivity (Wildman–Crippen MR) is 82.1 cm³/mol. The zero-order valence-electron chi connectivity index (χ0n) is 13.1. The second-order valence-electron chi connectivity index (χ2n) is 6.36. The molecule has 0 amide bonds. The van der Waals surface area contributed by atoms with E-state index in [4.69, 9.17) is 9.47 Å². The van der Waals surface area contributed by atoms with Crippen molar-refractivity contribution in [2.24, 2.45) is 0 Å². The molecule has 1 aromatic rings. The van der Waals surface area contributed by atoms with Crippen LogP contribution >= 0.6 is 0 Å². The summed E-state index contributed by atoms with van der Waals surface area (Å²) in [6, 6.07) is 6.44. The van der Waals surface area contributed by atoms with Crippen LogP contribution in [0.4, 0.5) is 0 Å². The first-order valence-corrected chi connectivity index (χ1v) is 7.73. The zero-order valence-corrected chi connectivity index (χ0v) is 13.1. The summed E-state index contributed by atoms with van der Waals surface area (Å²) in [7, 11) is 5.46. The molecule has 0 aromatic heterocycles. The SMILES string of the molecule is COc1ccc([C@@]23CCCC(O)C2N(C)CC3)cc1OC. The van der Waals surface area contributed by atoms with Crippen LogP contribution in [0.25, 0.3) is 0 Å². The zero-order chi connectivity index (χ0) is 15.0. The van der Waals surface area contributed by atoms with Crippen LogP contribution in [0.15, 0.2) is 18.2 Å². The fourth-order valence-corrected chi connectivity index (χ4v) is 4.41. The molecule has 2 fully saturated rings. The van der Waals surface area contributed by atoms with E-state index >= 15 is 0 Å². The third-order valence-corrected chi connectivity index (χ3v) is 5.40. The second kappa shape index (κ2) is 5.50. The van der Waals surface area contributed by atoms with Gasteiger partial charge in [0.15, 0.2) is 11.5 Å². The highest BCUT2D eigenvalue weighted by molar-refractivity contribution is 5.46. The molecule has 0 bridgehead atoms. The molecule has 0 radical (unpaired) electrons. The Morgan fingerprint density at radius 2 is 1.95 bits per heavy atom. The van der Waals surface area contributed by atoms with E-state index in [1.54, 1.807) is 14.2 Å². The van der Waals surface area contributed by atoms with E-state index in [0.717, 1.165) is 43.7 Å². The van der Waals surface area contributed by atoms with Crippen LogP contribution in [-0.4, -0.2) is 50.0 Å². The molecule has 0 spiro atoms. The first-order valence-electron chi connectivity index (χ1n) is 7.73. The van der Waals surface area contributed by atoms with Crippen molar-refractivity contribution in [3.63, 3.8) is 0 Å². The van der Waals surface area contributed by atoms with E-state index < -0.39 is 0 Å². The molecule has 1 aliphatic carbocycles. The number of likely N-dealkylation sites (tertiary alicyclic amines) is 1. The minimum atomic E-state index is -0.237. The number of aliphatic hydroxyl groups is 1. The average Bonchev–Trinajstić information content (AvgIpc) is 2.86. The molecule has 3 rings (SSSR count). The lowest BCUT2D eigenvalue weighted by molar-refractivity contribution is 0.0195. The standard InChI is InChI=1S/C17H25NO3/c1-18-10-9-17(8-4-5-13(19)16(17)18)12-6-7-14(20-2)15(11-12)21-3/h6-7,11,13,16,19H,4-5,8-10H2,1-3H3/t13?,16?,17-/m0/s1. The lowest BCUT2D eigenvalue weighted by atomic mass is 9.65. The maximum atomic E-state index is 10.5. The van der Waals surface area contributed by atoms with Crippen molar-refractivity contribution < 1.29 is 14.6 Å². The molecular weight excluding hydrogens is 266 g/mol. The average molecular weight is 291 g/mol. The van der Waals surface area contributed by atoms with Crippen LogP contribution < -0.4 is 9.47 Å². The Hall–Kier alpha value is -1.26. The normalized spacial score (nSPS) is 32.8. The monoisotopic (exact) mass is 291 g/mol. The van der Waals surface area contributed by atoms with Gasteiger partial charge in [-0.1, -0.05) is 6.07 Å². The highest BCUT2D eigenvalue weighted by Crippen LogP contribution is 2.49. The summed E-state index contributed by atoms with van der Waals surface area (Å²) in [5.74, 6) is 1.54. The van der Waals surface area contributed by atoms with Crippen molar-refractivity contribution >= 4 is 0 Å². The molecule has 4 heteroatoms. The predicted octanol–water partition coefficient (Wildman–Crippen LogP) is 2.19. The molecule has 4 nitrogen and oxygen atoms in total. The number of methoxy groups -OCH3 is 2. The number of rotatable bonds is 3. The second-order valence-corrected chi connectivity index (χ2v) is 6.36. The Bertz CT molecular complexity index is 515. The summed E-state index contributed by atoms with van der Waals surface area (Å²) in [5.41, 5.74) is 1.32. The number of hydrogen-bond acceptors (Lipinski definition) is 4. The molecule has 2 unspecified atom stereocenters. The number of aliphatic hydroxyl groups excluding tert-OH is 1. The van der Waals surface area contributed by atoms with Crippen LogP contribution in [0.2, 0.25) is 0 Å². The van der Waals surface area contributed by atoms with Crippen LogP contribution in [0.1, 0.15) is 31.2 Å². The Labute approximate surface area is 126 Å². The van der Waals surface area contributed by atoms with E-state index in [9.17, 15) is 5.11 Å². The Kier molecular flexibility index (Phi) is 3.84. The van der Waals surface area contributed by atoms with Gasteiger partial charge in [0.05, 0.1) is 20.3 Å². The van der Waals surface area contributed by atoms with Crippen LogP contribution in [0.5, 0.6) is 11.5 Å². The number of likely N-dealkylation sites (N-methyl/N-ethyl adjacent to an activating group) is 1. The van der Waals surface area contributed by atoms with Crippen molar-refractivity contribution in [1.82, 2.24) is 4.90 Å². The number of benzene rings is 1. The smallest absolute Gasteiger partial charge is 0.161 e. The fourth-order valence-electron chi connectivity index (χ4n) is 4.41. The van der Waals surface area contributed by atoms with Gasteiger partial charge >= 0.3 is 0 Å². The molecule has 1 saturated heterocycles. The molecule has 2 aliphatic rings. The molecule has 1 N–H and O–H groups in total. The minimum absolute atomic E-state index is 0.0476. The lowest BCUT2D eigenvalue weighted by Crippen LogP contribution is -2.51. The van der Waals surface area contributed by atoms with E-state index in [-0.39, 0.29) is 17.6 Å². The summed E-state index contributed by atoms with van der Waals surface area (Å²) >= 11 is 0. The van der Waals surface area contributed by atoms with Crippen LogP contribution in [-0.2, 0) is 5.41 Å². The van der Waals surface area contributed by atoms with Crippen LogP contribution in [0.3, 0.4) is 0 Å². The molecule has 1 saturated carbocycles. The van der Waals surface area contributed by atoms with Gasteiger partial charge in [-0.3, -0.25) is 4.90 Å². The van der Waals surface area contributed by atoms with Gasteiger partial charge in [-0.25, -0.2) is 0 Å². The Morgan fingerprint density at radius 1 is 1.19 bits per heavy atom.